The van der Waals surface area contributed by atoms with E-state index in [4.69, 9.17) is 14.6 Å². The average molecular weight is 369 g/mol. The van der Waals surface area contributed by atoms with Crippen molar-refractivity contribution in [1.82, 2.24) is 4.90 Å². The van der Waals surface area contributed by atoms with E-state index >= 15 is 0 Å². The molecule has 1 heterocycles. The normalized spacial score (nSPS) is 14.6. The smallest absolute Gasteiger partial charge is 0.410 e. The van der Waals surface area contributed by atoms with Gasteiger partial charge in [0.05, 0.1) is 12.2 Å². The minimum atomic E-state index is -0.951. The van der Waals surface area contributed by atoms with Gasteiger partial charge in [-0.3, -0.25) is 0 Å². The number of ether oxygens (including phenoxy) is 2. The van der Waals surface area contributed by atoms with Gasteiger partial charge in [-0.1, -0.05) is 30.3 Å². The van der Waals surface area contributed by atoms with E-state index in [-0.39, 0.29) is 18.3 Å². The summed E-state index contributed by atoms with van der Waals surface area (Å²) >= 11 is 0. The molecule has 3 rings (SSSR count). The van der Waals surface area contributed by atoms with E-state index in [2.05, 4.69) is 0 Å². The van der Waals surface area contributed by atoms with Gasteiger partial charge in [0.1, 0.15) is 12.4 Å². The molecule has 1 aliphatic rings. The number of rotatable bonds is 6. The van der Waals surface area contributed by atoms with Crippen LogP contribution in [0.5, 0.6) is 5.75 Å². The summed E-state index contributed by atoms with van der Waals surface area (Å²) in [6.45, 7) is 2.15. The average Bonchev–Trinajstić information content (AvgIpc) is 2.72. The lowest BCUT2D eigenvalue weighted by Crippen LogP contribution is -2.39. The number of carbonyl (C=O) groups is 2. The van der Waals surface area contributed by atoms with Crippen molar-refractivity contribution in [3.63, 3.8) is 0 Å². The lowest BCUT2D eigenvalue weighted by molar-refractivity contribution is 0.0695. The van der Waals surface area contributed by atoms with Crippen LogP contribution in [0, 0.1) is 5.92 Å². The van der Waals surface area contributed by atoms with Crippen molar-refractivity contribution in [3.8, 4) is 5.75 Å². The highest BCUT2D eigenvalue weighted by Gasteiger charge is 2.24. The number of hydrogen-bond donors (Lipinski definition) is 1. The fraction of sp³-hybridized carbons (Fsp3) is 0.333. The van der Waals surface area contributed by atoms with Gasteiger partial charge in [0, 0.05) is 13.1 Å². The Morgan fingerprint density at radius 1 is 1.00 bits per heavy atom. The van der Waals surface area contributed by atoms with E-state index in [0.29, 0.717) is 31.4 Å². The maximum atomic E-state index is 12.2. The second-order valence-corrected chi connectivity index (χ2v) is 6.61. The fourth-order valence-electron chi connectivity index (χ4n) is 3.00. The Kier molecular flexibility index (Phi) is 6.30. The van der Waals surface area contributed by atoms with E-state index in [1.165, 1.54) is 12.1 Å². The number of piperidine rings is 1. The molecule has 1 saturated heterocycles. The number of aromatic carboxylic acids is 1. The Labute approximate surface area is 158 Å². The van der Waals surface area contributed by atoms with Crippen molar-refractivity contribution in [2.45, 2.75) is 19.4 Å². The predicted molar refractivity (Wildman–Crippen MR) is 99.8 cm³/mol. The van der Waals surface area contributed by atoms with Gasteiger partial charge in [-0.15, -0.1) is 0 Å². The number of likely N-dealkylation sites (tertiary alicyclic amines) is 1. The summed E-state index contributed by atoms with van der Waals surface area (Å²) in [7, 11) is 0. The Morgan fingerprint density at radius 2 is 1.67 bits per heavy atom. The second kappa shape index (κ2) is 9.07. The summed E-state index contributed by atoms with van der Waals surface area (Å²) in [4.78, 5) is 24.8. The summed E-state index contributed by atoms with van der Waals surface area (Å²) in [5, 5.41) is 8.90. The molecule has 0 aliphatic carbocycles. The van der Waals surface area contributed by atoms with Gasteiger partial charge in [-0.05, 0) is 48.6 Å². The van der Waals surface area contributed by atoms with Crippen molar-refractivity contribution >= 4 is 12.1 Å². The minimum absolute atomic E-state index is 0.240. The van der Waals surface area contributed by atoms with Gasteiger partial charge in [0.25, 0.3) is 0 Å². The molecular weight excluding hydrogens is 346 g/mol. The fourth-order valence-corrected chi connectivity index (χ4v) is 3.00. The van der Waals surface area contributed by atoms with Gasteiger partial charge >= 0.3 is 12.1 Å². The topological polar surface area (TPSA) is 76.1 Å². The molecule has 0 spiro atoms. The van der Waals surface area contributed by atoms with Crippen molar-refractivity contribution in [3.05, 3.63) is 65.7 Å². The lowest BCUT2D eigenvalue weighted by Gasteiger charge is -2.31. The SMILES string of the molecule is O=C(O)c1ccc(OCC2CCN(C(=O)OCc3ccccc3)CC2)cc1. The summed E-state index contributed by atoms with van der Waals surface area (Å²) in [5.74, 6) is 0.0695. The van der Waals surface area contributed by atoms with Crippen molar-refractivity contribution in [1.29, 1.82) is 0 Å². The van der Waals surface area contributed by atoms with E-state index < -0.39 is 5.97 Å². The molecule has 142 valence electrons. The Morgan fingerprint density at radius 3 is 2.30 bits per heavy atom. The van der Waals surface area contributed by atoms with Crippen LogP contribution in [0.25, 0.3) is 0 Å². The maximum Gasteiger partial charge on any atom is 0.410 e. The number of amides is 1. The third-order valence-electron chi connectivity index (χ3n) is 4.66. The maximum absolute atomic E-state index is 12.2. The molecule has 0 radical (unpaired) electrons. The standard InChI is InChI=1S/C21H23NO5/c23-20(24)18-6-8-19(9-7-18)26-14-17-10-12-22(13-11-17)21(25)27-15-16-4-2-1-3-5-16/h1-9,17H,10-15H2,(H,23,24). The molecule has 2 aromatic rings. The Balaban J connectivity index is 1.38. The lowest BCUT2D eigenvalue weighted by atomic mass is 9.98. The number of carbonyl (C=O) groups excluding carboxylic acids is 1. The highest BCUT2D eigenvalue weighted by atomic mass is 16.6. The molecule has 0 bridgehead atoms. The number of carboxylic acids is 1. The van der Waals surface area contributed by atoms with Gasteiger partial charge in [0.2, 0.25) is 0 Å². The summed E-state index contributed by atoms with van der Waals surface area (Å²) in [6.07, 6.45) is 1.43. The van der Waals surface area contributed by atoms with Crippen molar-refractivity contribution < 1.29 is 24.2 Å². The van der Waals surface area contributed by atoms with Gasteiger partial charge < -0.3 is 19.5 Å². The highest BCUT2D eigenvalue weighted by molar-refractivity contribution is 5.87. The first-order valence-corrected chi connectivity index (χ1v) is 9.03. The second-order valence-electron chi connectivity index (χ2n) is 6.61. The predicted octanol–water partition coefficient (Wildman–Crippen LogP) is 3.81. The van der Waals surface area contributed by atoms with E-state index in [9.17, 15) is 9.59 Å². The van der Waals surface area contributed by atoms with E-state index in [0.717, 1.165) is 18.4 Å². The van der Waals surface area contributed by atoms with Crippen LogP contribution in [-0.4, -0.2) is 41.8 Å². The molecule has 0 atom stereocenters. The van der Waals surface area contributed by atoms with Crippen LogP contribution >= 0.6 is 0 Å². The van der Waals surface area contributed by atoms with Crippen molar-refractivity contribution in [2.75, 3.05) is 19.7 Å². The van der Waals surface area contributed by atoms with Crippen molar-refractivity contribution in [2.24, 2.45) is 5.92 Å². The quantitative estimate of drug-likeness (QED) is 0.838. The van der Waals surface area contributed by atoms with Crippen LogP contribution in [0.3, 0.4) is 0 Å². The molecule has 0 aromatic heterocycles. The summed E-state index contributed by atoms with van der Waals surface area (Å²) in [5.41, 5.74) is 1.22. The number of hydrogen-bond acceptors (Lipinski definition) is 4. The first-order valence-electron chi connectivity index (χ1n) is 9.03. The molecular formula is C21H23NO5. The van der Waals surface area contributed by atoms with Crippen LogP contribution in [-0.2, 0) is 11.3 Å². The molecule has 1 fully saturated rings. The summed E-state index contributed by atoms with van der Waals surface area (Å²) < 4.78 is 11.1. The molecule has 1 N–H and O–H groups in total. The van der Waals surface area contributed by atoms with Gasteiger partial charge in [-0.2, -0.15) is 0 Å². The Hall–Kier alpha value is -3.02. The zero-order valence-electron chi connectivity index (χ0n) is 15.0. The third-order valence-corrected chi connectivity index (χ3v) is 4.66. The summed E-state index contributed by atoms with van der Waals surface area (Å²) in [6, 6.07) is 16.0. The molecule has 0 unspecified atom stereocenters. The van der Waals surface area contributed by atoms with Crippen LogP contribution in [0.2, 0.25) is 0 Å². The minimum Gasteiger partial charge on any atom is -0.493 e. The molecule has 0 saturated carbocycles. The zero-order valence-corrected chi connectivity index (χ0v) is 15.0. The molecule has 6 nitrogen and oxygen atoms in total. The van der Waals surface area contributed by atoms with Crippen LogP contribution < -0.4 is 4.74 Å². The zero-order chi connectivity index (χ0) is 19.1. The highest BCUT2D eigenvalue weighted by Crippen LogP contribution is 2.20. The molecule has 6 heteroatoms. The monoisotopic (exact) mass is 369 g/mol. The molecule has 1 aliphatic heterocycles. The number of benzene rings is 2. The first kappa shape index (κ1) is 18.8. The van der Waals surface area contributed by atoms with Gasteiger partial charge in [-0.25, -0.2) is 9.59 Å². The van der Waals surface area contributed by atoms with Gasteiger partial charge in [0.15, 0.2) is 0 Å². The number of nitrogens with zero attached hydrogens (tertiary/aromatic N) is 1. The van der Waals surface area contributed by atoms with Crippen LogP contribution in [0.4, 0.5) is 4.79 Å². The molecule has 2 aromatic carbocycles. The van der Waals surface area contributed by atoms with Crippen LogP contribution in [0.1, 0.15) is 28.8 Å². The molecule has 1 amide bonds. The van der Waals surface area contributed by atoms with E-state index in [1.807, 2.05) is 30.3 Å². The largest absolute Gasteiger partial charge is 0.493 e. The van der Waals surface area contributed by atoms with E-state index in [1.54, 1.807) is 17.0 Å². The Bertz CT molecular complexity index is 752. The molecule has 27 heavy (non-hydrogen) atoms. The first-order chi connectivity index (χ1) is 13.1. The van der Waals surface area contributed by atoms with Crippen LogP contribution in [0.15, 0.2) is 54.6 Å². The third kappa shape index (κ3) is 5.48. The number of carboxylic acid groups (broad SMARTS) is 1.